The highest BCUT2D eigenvalue weighted by molar-refractivity contribution is 8.00. The molecule has 0 saturated carbocycles. The van der Waals surface area contributed by atoms with E-state index in [9.17, 15) is 14.3 Å². The van der Waals surface area contributed by atoms with Crippen LogP contribution in [0.2, 0.25) is 0 Å². The number of aromatic nitrogens is 2. The zero-order valence-electron chi connectivity index (χ0n) is 8.73. The molecule has 2 heterocycles. The van der Waals surface area contributed by atoms with E-state index in [0.29, 0.717) is 0 Å². The lowest BCUT2D eigenvalue weighted by Crippen LogP contribution is -2.33. The standard InChI is InChI=1S/C9H12FN3O3S/c10-6-7(15)4(3-14)17-8(6)13-2-1-5(11)12-9(13)16/h1-2,4,6-8,14-15H,3H2,(H2,11,12,16)/t4-,6+,7-,8?/m0/s1. The van der Waals surface area contributed by atoms with Gasteiger partial charge in [-0.15, -0.1) is 11.8 Å². The molecule has 4 atom stereocenters. The number of hydrogen-bond acceptors (Lipinski definition) is 6. The fourth-order valence-electron chi connectivity index (χ4n) is 1.70. The largest absolute Gasteiger partial charge is 0.395 e. The molecule has 94 valence electrons. The van der Waals surface area contributed by atoms with Crippen LogP contribution in [0.15, 0.2) is 17.1 Å². The second kappa shape index (κ2) is 4.63. The number of aliphatic hydroxyl groups is 2. The van der Waals surface area contributed by atoms with Gasteiger partial charge in [-0.1, -0.05) is 0 Å². The smallest absolute Gasteiger partial charge is 0.350 e. The number of nitrogens with two attached hydrogens (primary N) is 1. The van der Waals surface area contributed by atoms with Crippen LogP contribution in [-0.4, -0.2) is 43.9 Å². The summed E-state index contributed by atoms with van der Waals surface area (Å²) in [6.07, 6.45) is -1.58. The summed E-state index contributed by atoms with van der Waals surface area (Å²) in [4.78, 5) is 15.0. The van der Waals surface area contributed by atoms with E-state index in [2.05, 4.69) is 4.98 Å². The van der Waals surface area contributed by atoms with Crippen LogP contribution in [-0.2, 0) is 0 Å². The first-order valence-electron chi connectivity index (χ1n) is 4.97. The highest BCUT2D eigenvalue weighted by Crippen LogP contribution is 2.42. The predicted molar refractivity (Wildman–Crippen MR) is 61.3 cm³/mol. The van der Waals surface area contributed by atoms with Crippen LogP contribution in [0, 0.1) is 0 Å². The van der Waals surface area contributed by atoms with Gasteiger partial charge in [0.05, 0.1) is 11.9 Å². The SMILES string of the molecule is Nc1ccn(C2S[C@@H](CO)[C@H](O)[C@H]2F)c(=O)n1. The monoisotopic (exact) mass is 261 g/mol. The van der Waals surface area contributed by atoms with Crippen molar-refractivity contribution in [1.29, 1.82) is 0 Å². The summed E-state index contributed by atoms with van der Waals surface area (Å²) < 4.78 is 14.9. The van der Waals surface area contributed by atoms with Crippen molar-refractivity contribution < 1.29 is 14.6 Å². The van der Waals surface area contributed by atoms with E-state index in [1.165, 1.54) is 12.3 Å². The highest BCUT2D eigenvalue weighted by atomic mass is 32.2. The van der Waals surface area contributed by atoms with Crippen LogP contribution in [0.4, 0.5) is 10.2 Å². The van der Waals surface area contributed by atoms with Gasteiger partial charge in [-0.05, 0) is 6.07 Å². The maximum atomic E-state index is 13.8. The molecule has 1 aromatic rings. The van der Waals surface area contributed by atoms with E-state index in [0.717, 1.165) is 16.3 Å². The number of alkyl halides is 1. The van der Waals surface area contributed by atoms with E-state index in [1.807, 2.05) is 0 Å². The summed E-state index contributed by atoms with van der Waals surface area (Å²) in [5.41, 5.74) is 4.66. The number of nitrogens with zero attached hydrogens (tertiary/aromatic N) is 2. The number of hydrogen-bond donors (Lipinski definition) is 3. The first-order valence-corrected chi connectivity index (χ1v) is 5.92. The molecule has 17 heavy (non-hydrogen) atoms. The Morgan fingerprint density at radius 2 is 2.35 bits per heavy atom. The fraction of sp³-hybridized carbons (Fsp3) is 0.556. The number of aliphatic hydroxyl groups excluding tert-OH is 2. The lowest BCUT2D eigenvalue weighted by atomic mass is 10.1. The average molecular weight is 261 g/mol. The van der Waals surface area contributed by atoms with Gasteiger partial charge in [0.1, 0.15) is 17.3 Å². The molecular formula is C9H12FN3O3S. The first kappa shape index (κ1) is 12.3. The number of anilines is 1. The summed E-state index contributed by atoms with van der Waals surface area (Å²) >= 11 is 1.01. The van der Waals surface area contributed by atoms with Gasteiger partial charge in [-0.2, -0.15) is 4.98 Å². The Labute approximate surface area is 100 Å². The quantitative estimate of drug-likeness (QED) is 0.640. The van der Waals surface area contributed by atoms with Gasteiger partial charge < -0.3 is 15.9 Å². The third kappa shape index (κ3) is 2.15. The Kier molecular flexibility index (Phi) is 3.36. The van der Waals surface area contributed by atoms with E-state index < -0.39 is 28.6 Å². The molecule has 8 heteroatoms. The molecular weight excluding hydrogens is 249 g/mol. The number of rotatable bonds is 2. The van der Waals surface area contributed by atoms with Crippen LogP contribution in [0.1, 0.15) is 5.37 Å². The molecule has 2 rings (SSSR count). The van der Waals surface area contributed by atoms with E-state index in [4.69, 9.17) is 10.8 Å². The van der Waals surface area contributed by atoms with Crippen LogP contribution >= 0.6 is 11.8 Å². The Morgan fingerprint density at radius 1 is 1.65 bits per heavy atom. The average Bonchev–Trinajstić information content (AvgIpc) is 2.57. The summed E-state index contributed by atoms with van der Waals surface area (Å²) in [7, 11) is 0. The summed E-state index contributed by atoms with van der Waals surface area (Å²) in [5, 5.41) is 17.0. The Bertz CT molecular complexity index is 469. The minimum absolute atomic E-state index is 0.0592. The molecule has 0 spiro atoms. The van der Waals surface area contributed by atoms with Crippen molar-refractivity contribution in [3.05, 3.63) is 22.7 Å². The van der Waals surface area contributed by atoms with Crippen LogP contribution in [0.5, 0.6) is 0 Å². The molecule has 1 aromatic heterocycles. The van der Waals surface area contributed by atoms with E-state index >= 15 is 0 Å². The third-order valence-corrected chi connectivity index (χ3v) is 4.14. The Morgan fingerprint density at radius 3 is 2.88 bits per heavy atom. The molecule has 0 amide bonds. The van der Waals surface area contributed by atoms with Crippen molar-refractivity contribution in [2.45, 2.75) is 22.9 Å². The van der Waals surface area contributed by atoms with Crippen molar-refractivity contribution >= 4 is 17.6 Å². The van der Waals surface area contributed by atoms with Gasteiger partial charge in [0.2, 0.25) is 0 Å². The highest BCUT2D eigenvalue weighted by Gasteiger charge is 2.44. The molecule has 1 fully saturated rings. The minimum atomic E-state index is -1.62. The number of nitrogen functional groups attached to an aromatic ring is 1. The van der Waals surface area contributed by atoms with Gasteiger partial charge in [-0.25, -0.2) is 9.18 Å². The number of halogens is 1. The molecule has 0 aromatic carbocycles. The molecule has 6 nitrogen and oxygen atoms in total. The molecule has 1 aliphatic rings. The van der Waals surface area contributed by atoms with Crippen molar-refractivity contribution in [3.63, 3.8) is 0 Å². The van der Waals surface area contributed by atoms with E-state index in [1.54, 1.807) is 0 Å². The van der Waals surface area contributed by atoms with Crippen LogP contribution in [0.25, 0.3) is 0 Å². The summed E-state index contributed by atoms with van der Waals surface area (Å²) in [6, 6.07) is 1.38. The third-order valence-electron chi connectivity index (χ3n) is 2.60. The summed E-state index contributed by atoms with van der Waals surface area (Å²) in [6.45, 7) is -0.347. The van der Waals surface area contributed by atoms with Gasteiger partial charge >= 0.3 is 5.69 Å². The zero-order chi connectivity index (χ0) is 12.6. The molecule has 1 aliphatic heterocycles. The first-order chi connectivity index (χ1) is 8.04. The maximum absolute atomic E-state index is 13.8. The van der Waals surface area contributed by atoms with Crippen molar-refractivity contribution in [3.8, 4) is 0 Å². The Hall–Kier alpha value is -1.12. The predicted octanol–water partition coefficient (Wildman–Crippen LogP) is -0.869. The summed E-state index contributed by atoms with van der Waals surface area (Å²) in [5.74, 6) is 0.0592. The van der Waals surface area contributed by atoms with Gasteiger partial charge in [0.15, 0.2) is 6.17 Å². The topological polar surface area (TPSA) is 101 Å². The van der Waals surface area contributed by atoms with Crippen molar-refractivity contribution in [2.75, 3.05) is 12.3 Å². The molecule has 1 unspecified atom stereocenters. The second-order valence-electron chi connectivity index (χ2n) is 3.72. The molecule has 0 aliphatic carbocycles. The minimum Gasteiger partial charge on any atom is -0.395 e. The molecule has 1 saturated heterocycles. The fourth-order valence-corrected chi connectivity index (χ4v) is 3.06. The van der Waals surface area contributed by atoms with Crippen LogP contribution < -0.4 is 11.4 Å². The maximum Gasteiger partial charge on any atom is 0.350 e. The number of thioether (sulfide) groups is 1. The van der Waals surface area contributed by atoms with Crippen LogP contribution in [0.3, 0.4) is 0 Å². The van der Waals surface area contributed by atoms with Gasteiger partial charge in [0, 0.05) is 6.20 Å². The zero-order valence-corrected chi connectivity index (χ0v) is 9.55. The molecule has 4 N–H and O–H groups in total. The van der Waals surface area contributed by atoms with Gasteiger partial charge in [-0.3, -0.25) is 4.57 Å². The normalized spacial score (nSPS) is 32.9. The Balaban J connectivity index is 2.32. The second-order valence-corrected chi connectivity index (χ2v) is 5.09. The molecule has 0 radical (unpaired) electrons. The van der Waals surface area contributed by atoms with Crippen molar-refractivity contribution in [2.24, 2.45) is 0 Å². The van der Waals surface area contributed by atoms with Gasteiger partial charge in [0.25, 0.3) is 0 Å². The van der Waals surface area contributed by atoms with Crippen molar-refractivity contribution in [1.82, 2.24) is 9.55 Å². The van der Waals surface area contributed by atoms with E-state index in [-0.39, 0.29) is 12.4 Å². The lowest BCUT2D eigenvalue weighted by molar-refractivity contribution is 0.0631. The molecule has 0 bridgehead atoms. The lowest BCUT2D eigenvalue weighted by Gasteiger charge is -2.15.